The van der Waals surface area contributed by atoms with Crippen molar-refractivity contribution in [3.63, 3.8) is 0 Å². The molecule has 0 saturated heterocycles. The molecule has 0 unspecified atom stereocenters. The topological polar surface area (TPSA) is 76.1 Å². The van der Waals surface area contributed by atoms with E-state index < -0.39 is 5.91 Å². The van der Waals surface area contributed by atoms with Crippen molar-refractivity contribution in [3.8, 4) is 11.8 Å². The van der Waals surface area contributed by atoms with Crippen molar-refractivity contribution in [2.24, 2.45) is 5.73 Å². The molecule has 2 N–H and O–H groups in total. The van der Waals surface area contributed by atoms with Crippen molar-refractivity contribution in [2.75, 3.05) is 0 Å². The summed E-state index contributed by atoms with van der Waals surface area (Å²) in [5, 5.41) is 9.42. The van der Waals surface area contributed by atoms with E-state index >= 15 is 0 Å². The van der Waals surface area contributed by atoms with Gasteiger partial charge in [-0.05, 0) is 42.0 Å². The number of amides is 1. The Labute approximate surface area is 147 Å². The first kappa shape index (κ1) is 17.1. The molecule has 6 heteroatoms. The maximum atomic E-state index is 11.2. The minimum Gasteiger partial charge on any atom is -0.488 e. The minimum absolute atomic E-state index is 0.166. The van der Waals surface area contributed by atoms with Crippen LogP contribution >= 0.6 is 27.5 Å². The summed E-state index contributed by atoms with van der Waals surface area (Å²) in [5.41, 5.74) is 6.49. The van der Waals surface area contributed by atoms with E-state index in [1.807, 2.05) is 24.3 Å². The summed E-state index contributed by atoms with van der Waals surface area (Å²) in [4.78, 5) is 11.2. The molecule has 2 aromatic carbocycles. The lowest BCUT2D eigenvalue weighted by Crippen LogP contribution is -2.12. The van der Waals surface area contributed by atoms with E-state index in [4.69, 9.17) is 27.3 Å². The zero-order valence-electron chi connectivity index (χ0n) is 11.9. The summed E-state index contributed by atoms with van der Waals surface area (Å²) in [7, 11) is 0. The van der Waals surface area contributed by atoms with Crippen LogP contribution in [0.15, 0.2) is 52.5 Å². The van der Waals surface area contributed by atoms with Gasteiger partial charge in [0.1, 0.15) is 24.0 Å². The number of ether oxygens (including phenoxy) is 1. The van der Waals surface area contributed by atoms with E-state index in [2.05, 4.69) is 15.9 Å². The summed E-state index contributed by atoms with van der Waals surface area (Å²) in [6.07, 6.45) is 1.37. The van der Waals surface area contributed by atoms with Crippen molar-refractivity contribution in [1.29, 1.82) is 5.26 Å². The molecular weight excluding hydrogens is 380 g/mol. The van der Waals surface area contributed by atoms with Gasteiger partial charge in [0.25, 0.3) is 5.91 Å². The molecule has 0 fully saturated rings. The Morgan fingerprint density at radius 3 is 2.61 bits per heavy atom. The molecule has 0 saturated carbocycles. The number of hydrogen-bond donors (Lipinski definition) is 1. The van der Waals surface area contributed by atoms with Gasteiger partial charge in [-0.2, -0.15) is 5.26 Å². The number of carbonyl (C=O) groups is 1. The first-order valence-corrected chi connectivity index (χ1v) is 7.75. The Balaban J connectivity index is 2.27. The zero-order chi connectivity index (χ0) is 16.8. The molecule has 0 bridgehead atoms. The molecule has 1 amide bonds. The van der Waals surface area contributed by atoms with Gasteiger partial charge in [-0.3, -0.25) is 4.79 Å². The lowest BCUT2D eigenvalue weighted by molar-refractivity contribution is -0.114. The highest BCUT2D eigenvalue weighted by Crippen LogP contribution is 2.26. The molecule has 116 valence electrons. The van der Waals surface area contributed by atoms with Crippen LogP contribution in [0.5, 0.6) is 5.75 Å². The van der Waals surface area contributed by atoms with Crippen molar-refractivity contribution in [2.45, 2.75) is 6.61 Å². The van der Waals surface area contributed by atoms with Crippen molar-refractivity contribution >= 4 is 39.5 Å². The number of primary amides is 1. The second-order valence-corrected chi connectivity index (χ2v) is 5.98. The van der Waals surface area contributed by atoms with Gasteiger partial charge < -0.3 is 10.5 Å². The summed E-state index contributed by atoms with van der Waals surface area (Å²) in [5.74, 6) is -0.294. The molecule has 2 rings (SSSR count). The molecule has 0 aromatic heterocycles. The van der Waals surface area contributed by atoms with Crippen LogP contribution < -0.4 is 10.5 Å². The average Bonchev–Trinajstić information content (AvgIpc) is 2.53. The lowest BCUT2D eigenvalue weighted by atomic mass is 10.1. The SMILES string of the molecule is N#C/C(=C\c1cc(Cl)ccc1OCc1ccc(Br)cc1)C(N)=O. The van der Waals surface area contributed by atoms with Gasteiger partial charge in [0.15, 0.2) is 0 Å². The lowest BCUT2D eigenvalue weighted by Gasteiger charge is -2.10. The first-order chi connectivity index (χ1) is 11.0. The maximum Gasteiger partial charge on any atom is 0.259 e. The van der Waals surface area contributed by atoms with Crippen LogP contribution in [-0.4, -0.2) is 5.91 Å². The molecule has 0 radical (unpaired) electrons. The number of rotatable bonds is 5. The average molecular weight is 392 g/mol. The van der Waals surface area contributed by atoms with Crippen molar-refractivity contribution in [3.05, 3.63) is 68.7 Å². The molecule has 0 atom stereocenters. The summed E-state index contributed by atoms with van der Waals surface area (Å²) in [6, 6.07) is 14.4. The number of carbonyl (C=O) groups excluding carboxylic acids is 1. The monoisotopic (exact) mass is 390 g/mol. The van der Waals surface area contributed by atoms with E-state index in [1.165, 1.54) is 6.08 Å². The molecule has 0 aliphatic heterocycles. The van der Waals surface area contributed by atoms with Gasteiger partial charge >= 0.3 is 0 Å². The smallest absolute Gasteiger partial charge is 0.259 e. The van der Waals surface area contributed by atoms with Gasteiger partial charge in [0.05, 0.1) is 0 Å². The van der Waals surface area contributed by atoms with Crippen LogP contribution in [0, 0.1) is 11.3 Å². The Morgan fingerprint density at radius 2 is 2.00 bits per heavy atom. The summed E-state index contributed by atoms with van der Waals surface area (Å²) >= 11 is 9.34. The van der Waals surface area contributed by atoms with E-state index in [1.54, 1.807) is 24.3 Å². The third-order valence-corrected chi connectivity index (χ3v) is 3.73. The third kappa shape index (κ3) is 4.85. The fourth-order valence-corrected chi connectivity index (χ4v) is 2.26. The second kappa shape index (κ2) is 7.82. The van der Waals surface area contributed by atoms with Gasteiger partial charge in [-0.1, -0.05) is 39.7 Å². The second-order valence-electron chi connectivity index (χ2n) is 4.63. The fraction of sp³-hybridized carbons (Fsp3) is 0.0588. The number of nitrogens with two attached hydrogens (primary N) is 1. The van der Waals surface area contributed by atoms with Crippen LogP contribution in [0.4, 0.5) is 0 Å². The first-order valence-electron chi connectivity index (χ1n) is 6.58. The highest BCUT2D eigenvalue weighted by molar-refractivity contribution is 9.10. The Morgan fingerprint density at radius 1 is 1.30 bits per heavy atom. The largest absolute Gasteiger partial charge is 0.488 e. The molecule has 4 nitrogen and oxygen atoms in total. The zero-order valence-corrected chi connectivity index (χ0v) is 14.3. The number of halogens is 2. The fourth-order valence-electron chi connectivity index (χ4n) is 1.82. The third-order valence-electron chi connectivity index (χ3n) is 2.97. The molecule has 0 spiro atoms. The van der Waals surface area contributed by atoms with E-state index in [9.17, 15) is 4.79 Å². The Bertz CT molecular complexity index is 795. The van der Waals surface area contributed by atoms with E-state index in [0.717, 1.165) is 10.0 Å². The number of hydrogen-bond acceptors (Lipinski definition) is 3. The van der Waals surface area contributed by atoms with Crippen molar-refractivity contribution in [1.82, 2.24) is 0 Å². The Hall–Kier alpha value is -2.29. The highest BCUT2D eigenvalue weighted by atomic mass is 79.9. The normalized spacial score (nSPS) is 10.9. The standard InChI is InChI=1S/C17H12BrClN2O2/c18-14-3-1-11(2-4-14)10-23-16-6-5-15(19)8-12(16)7-13(9-20)17(21)22/h1-8H,10H2,(H2,21,22)/b13-7+. The molecule has 0 heterocycles. The van der Waals surface area contributed by atoms with Gasteiger partial charge in [-0.15, -0.1) is 0 Å². The molecule has 0 aliphatic carbocycles. The van der Waals surface area contributed by atoms with Crippen LogP contribution in [0.3, 0.4) is 0 Å². The summed E-state index contributed by atoms with van der Waals surface area (Å²) < 4.78 is 6.75. The Kier molecular flexibility index (Phi) is 5.80. The van der Waals surface area contributed by atoms with E-state index in [0.29, 0.717) is 22.9 Å². The van der Waals surface area contributed by atoms with Crippen LogP contribution in [0.2, 0.25) is 5.02 Å². The molecular formula is C17H12BrClN2O2. The summed E-state index contributed by atoms with van der Waals surface area (Å²) in [6.45, 7) is 0.341. The minimum atomic E-state index is -0.800. The van der Waals surface area contributed by atoms with E-state index in [-0.39, 0.29) is 5.57 Å². The molecule has 2 aromatic rings. The number of nitrogens with zero attached hydrogens (tertiary/aromatic N) is 1. The quantitative estimate of drug-likeness (QED) is 0.616. The van der Waals surface area contributed by atoms with Crippen LogP contribution in [-0.2, 0) is 11.4 Å². The predicted molar refractivity (Wildman–Crippen MR) is 92.7 cm³/mol. The van der Waals surface area contributed by atoms with Gasteiger partial charge in [-0.25, -0.2) is 0 Å². The van der Waals surface area contributed by atoms with Gasteiger partial charge in [0.2, 0.25) is 0 Å². The van der Waals surface area contributed by atoms with Gasteiger partial charge in [0, 0.05) is 15.1 Å². The molecule has 23 heavy (non-hydrogen) atoms. The highest BCUT2D eigenvalue weighted by Gasteiger charge is 2.08. The van der Waals surface area contributed by atoms with Crippen LogP contribution in [0.25, 0.3) is 6.08 Å². The number of benzene rings is 2. The number of nitriles is 1. The predicted octanol–water partition coefficient (Wildman–Crippen LogP) is 4.07. The van der Waals surface area contributed by atoms with Crippen LogP contribution in [0.1, 0.15) is 11.1 Å². The maximum absolute atomic E-state index is 11.2. The molecule has 0 aliphatic rings. The van der Waals surface area contributed by atoms with Crippen molar-refractivity contribution < 1.29 is 9.53 Å².